The molecule has 0 heterocycles. The number of carbonyl (C=O) groups excluding carboxylic acids is 3. The standard InChI is InChI=1S/C58H113NO8/c1-6-8-10-12-14-16-18-20-22-24-26-28-29-31-33-35-37-39-41-43-45-47-49-56(61)67-54(53-66-58(57(62)63)64-51-50-59(3,4)5)52-65-55(60)48-46-44-42-40-38-36-34-32-30-27-25-23-21-19-17-15-13-11-9-7-2/h54,58H,6-53H2,1-5H3. The first-order valence-electron chi connectivity index (χ1n) is 29.2. The lowest BCUT2D eigenvalue weighted by molar-refractivity contribution is -0.870. The molecule has 0 aromatic heterocycles. The van der Waals surface area contributed by atoms with Crippen molar-refractivity contribution in [1.29, 1.82) is 0 Å². The molecule has 2 unspecified atom stereocenters. The highest BCUT2D eigenvalue weighted by Gasteiger charge is 2.22. The van der Waals surface area contributed by atoms with Crippen molar-refractivity contribution in [2.45, 2.75) is 309 Å². The summed E-state index contributed by atoms with van der Waals surface area (Å²) >= 11 is 0. The topological polar surface area (TPSA) is 111 Å². The quantitative estimate of drug-likeness (QED) is 0.0256. The van der Waals surface area contributed by atoms with Crippen LogP contribution < -0.4 is 5.11 Å². The van der Waals surface area contributed by atoms with Gasteiger partial charge < -0.3 is 33.3 Å². The van der Waals surface area contributed by atoms with Crippen LogP contribution in [-0.4, -0.2) is 82.3 Å². The molecule has 0 aromatic carbocycles. The number of quaternary nitrogens is 1. The first-order valence-corrected chi connectivity index (χ1v) is 29.2. The van der Waals surface area contributed by atoms with Crippen molar-refractivity contribution in [3.05, 3.63) is 0 Å². The average Bonchev–Trinajstić information content (AvgIpc) is 3.29. The van der Waals surface area contributed by atoms with E-state index >= 15 is 0 Å². The van der Waals surface area contributed by atoms with Crippen LogP contribution >= 0.6 is 0 Å². The minimum atomic E-state index is -1.61. The highest BCUT2D eigenvalue weighted by Crippen LogP contribution is 2.18. The van der Waals surface area contributed by atoms with Crippen LogP contribution in [0.1, 0.15) is 296 Å². The number of ether oxygens (including phenoxy) is 4. The number of esters is 2. The molecule has 0 aromatic rings. The molecule has 67 heavy (non-hydrogen) atoms. The van der Waals surface area contributed by atoms with Crippen LogP contribution in [0.4, 0.5) is 0 Å². The van der Waals surface area contributed by atoms with Crippen molar-refractivity contribution >= 4 is 17.9 Å². The molecule has 9 nitrogen and oxygen atoms in total. The summed E-state index contributed by atoms with van der Waals surface area (Å²) in [5.41, 5.74) is 0. The molecule has 398 valence electrons. The van der Waals surface area contributed by atoms with Gasteiger partial charge in [0, 0.05) is 12.8 Å². The Kier molecular flexibility index (Phi) is 49.4. The van der Waals surface area contributed by atoms with Gasteiger partial charge >= 0.3 is 11.9 Å². The van der Waals surface area contributed by atoms with E-state index in [4.69, 9.17) is 18.9 Å². The van der Waals surface area contributed by atoms with Gasteiger partial charge in [0.1, 0.15) is 13.2 Å². The molecule has 0 aliphatic rings. The lowest BCUT2D eigenvalue weighted by atomic mass is 10.0. The molecule has 9 heteroatoms. The van der Waals surface area contributed by atoms with Crippen molar-refractivity contribution in [3.8, 4) is 0 Å². The predicted molar refractivity (Wildman–Crippen MR) is 279 cm³/mol. The molecule has 0 radical (unpaired) electrons. The predicted octanol–water partition coefficient (Wildman–Crippen LogP) is 15.5. The van der Waals surface area contributed by atoms with Crippen LogP contribution in [0.5, 0.6) is 0 Å². The second-order valence-electron chi connectivity index (χ2n) is 21.3. The number of carboxylic acids is 1. The number of hydrogen-bond acceptors (Lipinski definition) is 8. The van der Waals surface area contributed by atoms with Gasteiger partial charge in [-0.25, -0.2) is 0 Å². The largest absolute Gasteiger partial charge is 0.545 e. The Hall–Kier alpha value is -1.71. The number of carboxylic acid groups (broad SMARTS) is 1. The minimum Gasteiger partial charge on any atom is -0.545 e. The summed E-state index contributed by atoms with van der Waals surface area (Å²) in [5.74, 6) is -2.25. The van der Waals surface area contributed by atoms with Crippen LogP contribution in [0, 0.1) is 0 Å². The highest BCUT2D eigenvalue weighted by atomic mass is 16.7. The zero-order valence-corrected chi connectivity index (χ0v) is 45.3. The molecule has 0 saturated heterocycles. The fraction of sp³-hybridized carbons (Fsp3) is 0.948. The fourth-order valence-electron chi connectivity index (χ4n) is 8.83. The fourth-order valence-corrected chi connectivity index (χ4v) is 8.83. The molecule has 0 aliphatic heterocycles. The van der Waals surface area contributed by atoms with Crippen LogP contribution in [-0.2, 0) is 33.3 Å². The first-order chi connectivity index (χ1) is 32.6. The second kappa shape index (κ2) is 50.7. The third-order valence-electron chi connectivity index (χ3n) is 13.4. The van der Waals surface area contributed by atoms with E-state index in [0.717, 1.165) is 38.5 Å². The van der Waals surface area contributed by atoms with Crippen LogP contribution in [0.15, 0.2) is 0 Å². The van der Waals surface area contributed by atoms with Gasteiger partial charge in [0.2, 0.25) is 0 Å². The maximum absolute atomic E-state index is 12.9. The van der Waals surface area contributed by atoms with Gasteiger partial charge in [0.15, 0.2) is 12.4 Å². The van der Waals surface area contributed by atoms with Crippen LogP contribution in [0.3, 0.4) is 0 Å². The lowest BCUT2D eigenvalue weighted by Crippen LogP contribution is -2.44. The highest BCUT2D eigenvalue weighted by molar-refractivity contribution is 5.70. The van der Waals surface area contributed by atoms with Crippen LogP contribution in [0.2, 0.25) is 0 Å². The number of nitrogens with zero attached hydrogens (tertiary/aromatic N) is 1. The van der Waals surface area contributed by atoms with Gasteiger partial charge in [-0.2, -0.15) is 0 Å². The molecule has 0 aliphatic carbocycles. The lowest BCUT2D eigenvalue weighted by Gasteiger charge is -2.26. The Balaban J connectivity index is 4.19. The minimum absolute atomic E-state index is 0.153. The molecule has 0 amide bonds. The van der Waals surface area contributed by atoms with Gasteiger partial charge in [0.05, 0.1) is 40.3 Å². The number of carbonyl (C=O) groups is 3. The van der Waals surface area contributed by atoms with E-state index in [2.05, 4.69) is 13.8 Å². The zero-order chi connectivity index (χ0) is 49.2. The molecule has 0 bridgehead atoms. The van der Waals surface area contributed by atoms with Gasteiger partial charge in [-0.3, -0.25) is 9.59 Å². The van der Waals surface area contributed by atoms with E-state index in [1.165, 1.54) is 231 Å². The van der Waals surface area contributed by atoms with E-state index in [9.17, 15) is 19.5 Å². The van der Waals surface area contributed by atoms with Gasteiger partial charge in [0.25, 0.3) is 0 Å². The molecule has 0 rings (SSSR count). The summed E-state index contributed by atoms with van der Waals surface area (Å²) in [5, 5.41) is 11.8. The Bertz CT molecular complexity index is 1060. The van der Waals surface area contributed by atoms with E-state index in [1.807, 2.05) is 21.1 Å². The van der Waals surface area contributed by atoms with E-state index in [-0.39, 0.29) is 32.2 Å². The Morgan fingerprint density at radius 3 is 0.955 bits per heavy atom. The van der Waals surface area contributed by atoms with E-state index in [0.29, 0.717) is 17.4 Å². The Labute approximate surface area is 415 Å². The maximum Gasteiger partial charge on any atom is 0.306 e. The summed E-state index contributed by atoms with van der Waals surface area (Å²) in [6.45, 7) is 4.82. The zero-order valence-electron chi connectivity index (χ0n) is 45.3. The summed E-state index contributed by atoms with van der Waals surface area (Å²) in [7, 11) is 5.94. The van der Waals surface area contributed by atoms with E-state index < -0.39 is 24.3 Å². The average molecular weight is 953 g/mol. The number of hydrogen-bond donors (Lipinski definition) is 0. The number of aliphatic carboxylic acids is 1. The first kappa shape index (κ1) is 65.3. The number of unbranched alkanes of at least 4 members (excludes halogenated alkanes) is 40. The summed E-state index contributed by atoms with van der Waals surface area (Å²) in [6.07, 6.45) is 52.9. The summed E-state index contributed by atoms with van der Waals surface area (Å²) in [4.78, 5) is 37.3. The molecular weight excluding hydrogens is 839 g/mol. The smallest absolute Gasteiger partial charge is 0.306 e. The Morgan fingerprint density at radius 1 is 0.388 bits per heavy atom. The van der Waals surface area contributed by atoms with Gasteiger partial charge in [-0.1, -0.05) is 271 Å². The normalized spacial score (nSPS) is 12.7. The molecule has 0 spiro atoms. The molecule has 0 N–H and O–H groups in total. The second-order valence-corrected chi connectivity index (χ2v) is 21.3. The van der Waals surface area contributed by atoms with Crippen molar-refractivity contribution in [3.63, 3.8) is 0 Å². The maximum atomic E-state index is 12.9. The number of likely N-dealkylation sites (N-methyl/N-ethyl adjacent to an activating group) is 1. The Morgan fingerprint density at radius 2 is 0.672 bits per heavy atom. The monoisotopic (exact) mass is 952 g/mol. The third kappa shape index (κ3) is 52.0. The van der Waals surface area contributed by atoms with Crippen molar-refractivity contribution in [1.82, 2.24) is 0 Å². The van der Waals surface area contributed by atoms with Gasteiger partial charge in [-0.05, 0) is 12.8 Å². The summed E-state index contributed by atoms with van der Waals surface area (Å²) in [6, 6.07) is 0. The summed E-state index contributed by atoms with van der Waals surface area (Å²) < 4.78 is 22.7. The molecule has 0 fully saturated rings. The van der Waals surface area contributed by atoms with Crippen molar-refractivity contribution in [2.75, 3.05) is 47.5 Å². The number of rotatable bonds is 55. The third-order valence-corrected chi connectivity index (χ3v) is 13.4. The van der Waals surface area contributed by atoms with Crippen molar-refractivity contribution < 1.29 is 42.9 Å². The SMILES string of the molecule is CCCCCCCCCCCCCCCCCCCCCCCCC(=O)OC(COC(=O)CCCCCCCCCCCCCCCCCCCCCC)COC(OCC[N+](C)(C)C)C(=O)[O-]. The molecular formula is C58H113NO8. The van der Waals surface area contributed by atoms with Gasteiger partial charge in [-0.15, -0.1) is 0 Å². The van der Waals surface area contributed by atoms with Crippen LogP contribution in [0.25, 0.3) is 0 Å². The van der Waals surface area contributed by atoms with Crippen molar-refractivity contribution in [2.24, 2.45) is 0 Å². The van der Waals surface area contributed by atoms with E-state index in [1.54, 1.807) is 0 Å². The molecule has 0 saturated carbocycles. The molecule has 2 atom stereocenters.